The third-order valence-electron chi connectivity index (χ3n) is 3.58. The fraction of sp³-hybridized carbons (Fsp3) is 0.0625. The van der Waals surface area contributed by atoms with Crippen LogP contribution in [0.5, 0.6) is 0 Å². The van der Waals surface area contributed by atoms with Crippen molar-refractivity contribution in [3.63, 3.8) is 0 Å². The van der Waals surface area contributed by atoms with Crippen molar-refractivity contribution in [3.05, 3.63) is 69.2 Å². The first-order valence-electron chi connectivity index (χ1n) is 7.12. The van der Waals surface area contributed by atoms with Crippen molar-refractivity contribution in [1.82, 2.24) is 14.9 Å². The predicted molar refractivity (Wildman–Crippen MR) is 86.8 cm³/mol. The van der Waals surface area contributed by atoms with Gasteiger partial charge in [0.05, 0.1) is 11.8 Å². The van der Waals surface area contributed by atoms with Crippen molar-refractivity contribution in [2.75, 3.05) is 0 Å². The molecule has 0 aliphatic heterocycles. The highest BCUT2D eigenvalue weighted by Crippen LogP contribution is 2.23. The van der Waals surface area contributed by atoms with E-state index in [1.807, 2.05) is 0 Å². The van der Waals surface area contributed by atoms with Gasteiger partial charge in [0, 0.05) is 5.56 Å². The fourth-order valence-electron chi connectivity index (χ4n) is 2.25. The largest absolute Gasteiger partial charge is 0.250 e. The summed E-state index contributed by atoms with van der Waals surface area (Å²) in [5, 5.41) is 10.2. The summed E-state index contributed by atoms with van der Waals surface area (Å²) in [4.78, 5) is 0. The molecule has 0 bridgehead atoms. The second-order valence-corrected chi connectivity index (χ2v) is 5.59. The standard InChI is InChI=1S/C16H9F5N4S/c1-7-4-2-3-5-8(7)15-23-24-16(26)25(15)22-6-9-10(17)12(19)14(21)13(20)11(9)18/h2-6H,1H3,(H,24,26)/b22-6-. The van der Waals surface area contributed by atoms with Gasteiger partial charge in [-0.3, -0.25) is 0 Å². The molecule has 0 aliphatic rings. The highest BCUT2D eigenvalue weighted by molar-refractivity contribution is 7.71. The summed E-state index contributed by atoms with van der Waals surface area (Å²) in [5.74, 6) is -10.1. The first-order chi connectivity index (χ1) is 12.3. The number of aryl methyl sites for hydroxylation is 1. The molecule has 3 rings (SSSR count). The lowest BCUT2D eigenvalue weighted by molar-refractivity contribution is 0.377. The quantitative estimate of drug-likeness (QED) is 0.238. The van der Waals surface area contributed by atoms with Crippen LogP contribution in [0, 0.1) is 40.8 Å². The molecule has 26 heavy (non-hydrogen) atoms. The molecule has 0 saturated heterocycles. The van der Waals surface area contributed by atoms with Crippen LogP contribution in [-0.2, 0) is 0 Å². The molecule has 134 valence electrons. The van der Waals surface area contributed by atoms with Crippen molar-refractivity contribution in [3.8, 4) is 11.4 Å². The molecular weight excluding hydrogens is 375 g/mol. The number of hydrogen-bond donors (Lipinski definition) is 1. The van der Waals surface area contributed by atoms with Gasteiger partial charge >= 0.3 is 0 Å². The normalized spacial score (nSPS) is 11.5. The molecule has 0 spiro atoms. The van der Waals surface area contributed by atoms with Gasteiger partial charge in [-0.25, -0.2) is 27.1 Å². The number of benzene rings is 2. The Morgan fingerprint density at radius 2 is 1.58 bits per heavy atom. The second-order valence-electron chi connectivity index (χ2n) is 5.21. The number of nitrogens with zero attached hydrogens (tertiary/aromatic N) is 3. The van der Waals surface area contributed by atoms with Crippen LogP contribution in [0.4, 0.5) is 22.0 Å². The average Bonchev–Trinajstić information content (AvgIpc) is 2.99. The van der Waals surface area contributed by atoms with Crippen molar-refractivity contribution in [2.45, 2.75) is 6.92 Å². The Hall–Kier alpha value is -2.88. The second kappa shape index (κ2) is 6.79. The minimum absolute atomic E-state index is 0.0247. The topological polar surface area (TPSA) is 46.0 Å². The van der Waals surface area contributed by atoms with E-state index >= 15 is 0 Å². The van der Waals surface area contributed by atoms with Gasteiger partial charge in [-0.15, -0.1) is 0 Å². The maximum atomic E-state index is 13.7. The molecule has 3 aromatic rings. The van der Waals surface area contributed by atoms with Gasteiger partial charge in [0.25, 0.3) is 0 Å². The van der Waals surface area contributed by atoms with Crippen LogP contribution in [0.1, 0.15) is 11.1 Å². The summed E-state index contributed by atoms with van der Waals surface area (Å²) >= 11 is 5.01. The lowest BCUT2D eigenvalue weighted by atomic mass is 10.1. The van der Waals surface area contributed by atoms with Crippen LogP contribution in [0.25, 0.3) is 11.4 Å². The third kappa shape index (κ3) is 2.92. The maximum absolute atomic E-state index is 13.7. The number of aromatic amines is 1. The molecule has 0 unspecified atom stereocenters. The van der Waals surface area contributed by atoms with Crippen molar-refractivity contribution in [2.24, 2.45) is 5.10 Å². The summed E-state index contributed by atoms with van der Waals surface area (Å²) in [7, 11) is 0. The number of aromatic nitrogens is 3. The zero-order valence-electron chi connectivity index (χ0n) is 13.0. The molecule has 0 saturated carbocycles. The molecule has 0 radical (unpaired) electrons. The maximum Gasteiger partial charge on any atom is 0.216 e. The fourth-order valence-corrected chi connectivity index (χ4v) is 2.43. The third-order valence-corrected chi connectivity index (χ3v) is 3.85. The van der Waals surface area contributed by atoms with Crippen LogP contribution in [-0.4, -0.2) is 21.1 Å². The molecule has 10 heteroatoms. The zero-order valence-corrected chi connectivity index (χ0v) is 13.8. The molecule has 0 aliphatic carbocycles. The Kier molecular flexibility index (Phi) is 4.68. The lowest BCUT2D eigenvalue weighted by Gasteiger charge is -2.06. The SMILES string of the molecule is Cc1ccccc1-c1n[nH]c(=S)n1/N=C\c1c(F)c(F)c(F)c(F)c1F. The number of rotatable bonds is 3. The van der Waals surface area contributed by atoms with Crippen LogP contribution in [0.2, 0.25) is 0 Å². The van der Waals surface area contributed by atoms with Crippen LogP contribution in [0.15, 0.2) is 29.4 Å². The summed E-state index contributed by atoms with van der Waals surface area (Å²) in [6.45, 7) is 1.80. The Morgan fingerprint density at radius 1 is 1.00 bits per heavy atom. The Bertz CT molecular complexity index is 1060. The summed E-state index contributed by atoms with van der Waals surface area (Å²) in [6, 6.07) is 7.04. The van der Waals surface area contributed by atoms with E-state index in [2.05, 4.69) is 15.3 Å². The number of hydrogen-bond acceptors (Lipinski definition) is 3. The molecule has 4 nitrogen and oxygen atoms in total. The van der Waals surface area contributed by atoms with Gasteiger partial charge in [-0.1, -0.05) is 24.3 Å². The van der Waals surface area contributed by atoms with E-state index in [-0.39, 0.29) is 10.6 Å². The summed E-state index contributed by atoms with van der Waals surface area (Å²) in [6.07, 6.45) is 0.503. The summed E-state index contributed by atoms with van der Waals surface area (Å²) in [5.41, 5.74) is 0.254. The highest BCUT2D eigenvalue weighted by Gasteiger charge is 2.24. The van der Waals surface area contributed by atoms with E-state index in [1.165, 1.54) is 0 Å². The van der Waals surface area contributed by atoms with Crippen LogP contribution in [0.3, 0.4) is 0 Å². The smallest absolute Gasteiger partial charge is 0.216 e. The average molecular weight is 384 g/mol. The van der Waals surface area contributed by atoms with E-state index in [9.17, 15) is 22.0 Å². The van der Waals surface area contributed by atoms with Gasteiger partial charge in [0.1, 0.15) is 0 Å². The van der Waals surface area contributed by atoms with Gasteiger partial charge in [0.15, 0.2) is 29.1 Å². The van der Waals surface area contributed by atoms with E-state index in [1.54, 1.807) is 31.2 Å². The number of H-pyrrole nitrogens is 1. The first-order valence-corrected chi connectivity index (χ1v) is 7.53. The number of nitrogens with one attached hydrogen (secondary N) is 1. The monoisotopic (exact) mass is 384 g/mol. The highest BCUT2D eigenvalue weighted by atomic mass is 32.1. The molecule has 0 fully saturated rings. The van der Waals surface area contributed by atoms with Crippen LogP contribution < -0.4 is 0 Å². The first kappa shape index (κ1) is 17.9. The summed E-state index contributed by atoms with van der Waals surface area (Å²) < 4.78 is 68.1. The Balaban J connectivity index is 2.14. The van der Waals surface area contributed by atoms with Gasteiger partial charge in [0.2, 0.25) is 10.6 Å². The van der Waals surface area contributed by atoms with E-state index in [4.69, 9.17) is 12.2 Å². The predicted octanol–water partition coefficient (Wildman–Crippen LogP) is 4.49. The number of halogens is 5. The molecular formula is C16H9F5N4S. The molecule has 2 aromatic carbocycles. The van der Waals surface area contributed by atoms with E-state index in [0.717, 1.165) is 10.2 Å². The molecule has 0 atom stereocenters. The van der Waals surface area contributed by atoms with E-state index < -0.39 is 34.6 Å². The van der Waals surface area contributed by atoms with Crippen molar-refractivity contribution < 1.29 is 22.0 Å². The zero-order chi connectivity index (χ0) is 19.0. The minimum Gasteiger partial charge on any atom is -0.250 e. The van der Waals surface area contributed by atoms with Crippen molar-refractivity contribution in [1.29, 1.82) is 0 Å². The van der Waals surface area contributed by atoms with E-state index in [0.29, 0.717) is 11.8 Å². The molecule has 1 heterocycles. The van der Waals surface area contributed by atoms with Crippen molar-refractivity contribution >= 4 is 18.4 Å². The minimum atomic E-state index is -2.24. The Labute approximate surface area is 148 Å². The molecule has 1 N–H and O–H groups in total. The van der Waals surface area contributed by atoms with Gasteiger partial charge in [-0.05, 0) is 24.7 Å². The lowest BCUT2D eigenvalue weighted by Crippen LogP contribution is -2.07. The van der Waals surface area contributed by atoms with Gasteiger partial charge in [-0.2, -0.15) is 14.9 Å². The Morgan fingerprint density at radius 3 is 2.19 bits per heavy atom. The van der Waals surface area contributed by atoms with Crippen LogP contribution >= 0.6 is 12.2 Å². The molecule has 0 amide bonds. The molecule has 1 aromatic heterocycles. The van der Waals surface area contributed by atoms with Gasteiger partial charge < -0.3 is 0 Å².